The van der Waals surface area contributed by atoms with Crippen molar-refractivity contribution in [1.82, 2.24) is 4.90 Å². The standard InChI is InChI=1S/C19H20F4N2O3/c1-12-15(5-4-6-16(12)28-11-19(21,22)23)24-18(26)25(2)10-13-7-8-17(27-3)14(20)9-13/h4-9H,10-11H2,1-3H3,(H,24,26). The summed E-state index contributed by atoms with van der Waals surface area (Å²) in [5.74, 6) is -0.420. The Hall–Kier alpha value is -2.97. The Morgan fingerprint density at radius 3 is 2.50 bits per heavy atom. The maximum absolute atomic E-state index is 13.8. The fourth-order valence-corrected chi connectivity index (χ4v) is 2.43. The van der Waals surface area contributed by atoms with Crippen LogP contribution in [0, 0.1) is 12.7 Å². The number of rotatable bonds is 6. The lowest BCUT2D eigenvalue weighted by Gasteiger charge is -2.20. The molecule has 0 spiro atoms. The smallest absolute Gasteiger partial charge is 0.422 e. The zero-order valence-corrected chi connectivity index (χ0v) is 15.6. The molecule has 0 aliphatic heterocycles. The molecule has 152 valence electrons. The molecule has 0 atom stereocenters. The number of methoxy groups -OCH3 is 1. The highest BCUT2D eigenvalue weighted by Crippen LogP contribution is 2.27. The van der Waals surface area contributed by atoms with Crippen LogP contribution >= 0.6 is 0 Å². The third-order valence-corrected chi connectivity index (χ3v) is 3.90. The Morgan fingerprint density at radius 1 is 1.18 bits per heavy atom. The molecule has 0 radical (unpaired) electrons. The van der Waals surface area contributed by atoms with Crippen LogP contribution in [0.4, 0.5) is 28.0 Å². The number of hydrogen-bond acceptors (Lipinski definition) is 3. The first-order valence-electron chi connectivity index (χ1n) is 8.24. The van der Waals surface area contributed by atoms with Crippen molar-refractivity contribution in [2.45, 2.75) is 19.6 Å². The fourth-order valence-electron chi connectivity index (χ4n) is 2.43. The molecule has 0 saturated heterocycles. The number of anilines is 1. The van der Waals surface area contributed by atoms with Crippen molar-refractivity contribution in [1.29, 1.82) is 0 Å². The Morgan fingerprint density at radius 2 is 1.89 bits per heavy atom. The van der Waals surface area contributed by atoms with Gasteiger partial charge in [-0.2, -0.15) is 13.2 Å². The number of nitrogens with zero attached hydrogens (tertiary/aromatic N) is 1. The Balaban J connectivity index is 2.04. The Bertz CT molecular complexity index is 840. The molecule has 2 amide bonds. The number of alkyl halides is 3. The number of carbonyl (C=O) groups excluding carboxylic acids is 1. The number of amides is 2. The normalized spacial score (nSPS) is 11.1. The zero-order chi connectivity index (χ0) is 20.9. The SMILES string of the molecule is COc1ccc(CN(C)C(=O)Nc2cccc(OCC(F)(F)F)c2C)cc1F. The second-order valence-corrected chi connectivity index (χ2v) is 6.09. The lowest BCUT2D eigenvalue weighted by atomic mass is 10.2. The van der Waals surface area contributed by atoms with E-state index in [0.29, 0.717) is 16.8 Å². The fraction of sp³-hybridized carbons (Fsp3) is 0.316. The molecule has 0 unspecified atom stereocenters. The first-order chi connectivity index (χ1) is 13.1. The summed E-state index contributed by atoms with van der Waals surface area (Å²) < 4.78 is 60.4. The minimum absolute atomic E-state index is 0.0232. The second-order valence-electron chi connectivity index (χ2n) is 6.09. The molecule has 0 aliphatic carbocycles. The van der Waals surface area contributed by atoms with Gasteiger partial charge < -0.3 is 19.7 Å². The molecule has 0 bridgehead atoms. The van der Waals surface area contributed by atoms with Crippen LogP contribution in [-0.4, -0.2) is 37.9 Å². The van der Waals surface area contributed by atoms with Gasteiger partial charge in [-0.05, 0) is 36.8 Å². The minimum Gasteiger partial charge on any atom is -0.494 e. The van der Waals surface area contributed by atoms with Gasteiger partial charge in [0.05, 0.1) is 7.11 Å². The van der Waals surface area contributed by atoms with E-state index in [9.17, 15) is 22.4 Å². The highest BCUT2D eigenvalue weighted by atomic mass is 19.4. The summed E-state index contributed by atoms with van der Waals surface area (Å²) in [6.45, 7) is 0.240. The summed E-state index contributed by atoms with van der Waals surface area (Å²) in [7, 11) is 2.86. The van der Waals surface area contributed by atoms with Crippen LogP contribution in [0.5, 0.6) is 11.5 Å². The molecule has 2 aromatic carbocycles. The highest BCUT2D eigenvalue weighted by Gasteiger charge is 2.28. The van der Waals surface area contributed by atoms with Gasteiger partial charge in [0.25, 0.3) is 0 Å². The zero-order valence-electron chi connectivity index (χ0n) is 15.6. The molecule has 5 nitrogen and oxygen atoms in total. The van der Waals surface area contributed by atoms with Crippen LogP contribution < -0.4 is 14.8 Å². The average Bonchev–Trinajstić information content (AvgIpc) is 2.61. The molecular formula is C19H20F4N2O3. The van der Waals surface area contributed by atoms with Crippen molar-refractivity contribution < 1.29 is 31.8 Å². The van der Waals surface area contributed by atoms with Gasteiger partial charge in [0.1, 0.15) is 5.75 Å². The Labute approximate surface area is 159 Å². The molecule has 28 heavy (non-hydrogen) atoms. The quantitative estimate of drug-likeness (QED) is 0.712. The number of carbonyl (C=O) groups is 1. The van der Waals surface area contributed by atoms with Gasteiger partial charge in [-0.3, -0.25) is 0 Å². The van der Waals surface area contributed by atoms with Gasteiger partial charge in [0, 0.05) is 24.8 Å². The first-order valence-corrected chi connectivity index (χ1v) is 8.24. The van der Waals surface area contributed by atoms with Crippen molar-refractivity contribution >= 4 is 11.7 Å². The van der Waals surface area contributed by atoms with E-state index < -0.39 is 24.6 Å². The van der Waals surface area contributed by atoms with E-state index in [-0.39, 0.29) is 18.0 Å². The predicted molar refractivity (Wildman–Crippen MR) is 96.2 cm³/mol. The van der Waals surface area contributed by atoms with Crippen molar-refractivity contribution in [3.05, 3.63) is 53.3 Å². The minimum atomic E-state index is -4.46. The van der Waals surface area contributed by atoms with E-state index >= 15 is 0 Å². The van der Waals surface area contributed by atoms with Crippen LogP contribution in [0.1, 0.15) is 11.1 Å². The molecule has 0 saturated carbocycles. The number of ether oxygens (including phenoxy) is 2. The summed E-state index contributed by atoms with van der Waals surface area (Å²) in [6, 6.07) is 8.26. The van der Waals surface area contributed by atoms with E-state index in [0.717, 1.165) is 0 Å². The maximum Gasteiger partial charge on any atom is 0.422 e. The molecule has 0 aromatic heterocycles. The third kappa shape index (κ3) is 5.77. The first kappa shape index (κ1) is 21.3. The number of hydrogen-bond donors (Lipinski definition) is 1. The number of urea groups is 1. The predicted octanol–water partition coefficient (Wildman–Crippen LogP) is 4.75. The summed E-state index contributed by atoms with van der Waals surface area (Å²) in [5.41, 5.74) is 1.23. The van der Waals surface area contributed by atoms with Gasteiger partial charge in [0.2, 0.25) is 0 Å². The molecule has 0 aliphatic rings. The van der Waals surface area contributed by atoms with Crippen LogP contribution in [0.15, 0.2) is 36.4 Å². The van der Waals surface area contributed by atoms with Gasteiger partial charge in [-0.15, -0.1) is 0 Å². The van der Waals surface area contributed by atoms with Crippen molar-refractivity contribution in [3.63, 3.8) is 0 Å². The molecule has 2 aromatic rings. The number of halogens is 4. The van der Waals surface area contributed by atoms with Gasteiger partial charge in [-0.25, -0.2) is 9.18 Å². The van der Waals surface area contributed by atoms with Gasteiger partial charge in [0.15, 0.2) is 18.2 Å². The molecule has 0 heterocycles. The van der Waals surface area contributed by atoms with Crippen LogP contribution in [0.2, 0.25) is 0 Å². The van der Waals surface area contributed by atoms with Crippen LogP contribution in [0.25, 0.3) is 0 Å². The topological polar surface area (TPSA) is 50.8 Å². The van der Waals surface area contributed by atoms with Crippen molar-refractivity contribution in [2.75, 3.05) is 26.1 Å². The summed E-state index contributed by atoms with van der Waals surface area (Å²) >= 11 is 0. The third-order valence-electron chi connectivity index (χ3n) is 3.90. The monoisotopic (exact) mass is 400 g/mol. The van der Waals surface area contributed by atoms with Crippen molar-refractivity contribution in [3.8, 4) is 11.5 Å². The summed E-state index contributed by atoms with van der Waals surface area (Å²) in [4.78, 5) is 13.7. The second kappa shape index (κ2) is 8.81. The van der Waals surface area contributed by atoms with E-state index in [2.05, 4.69) is 5.32 Å². The Kier molecular flexibility index (Phi) is 6.71. The molecule has 0 fully saturated rings. The van der Waals surface area contributed by atoms with E-state index in [4.69, 9.17) is 9.47 Å². The van der Waals surface area contributed by atoms with Crippen molar-refractivity contribution in [2.24, 2.45) is 0 Å². The van der Waals surface area contributed by atoms with Gasteiger partial charge in [-0.1, -0.05) is 12.1 Å². The van der Waals surface area contributed by atoms with Crippen LogP contribution in [-0.2, 0) is 6.54 Å². The number of benzene rings is 2. The molecule has 2 rings (SSSR count). The lowest BCUT2D eigenvalue weighted by Crippen LogP contribution is -2.31. The summed E-state index contributed by atoms with van der Waals surface area (Å²) in [5, 5.41) is 2.61. The molecule has 1 N–H and O–H groups in total. The molecular weight excluding hydrogens is 380 g/mol. The van der Waals surface area contributed by atoms with E-state index in [1.165, 1.54) is 43.3 Å². The van der Waals surface area contributed by atoms with E-state index in [1.807, 2.05) is 0 Å². The average molecular weight is 400 g/mol. The highest BCUT2D eigenvalue weighted by molar-refractivity contribution is 5.90. The maximum atomic E-state index is 13.8. The largest absolute Gasteiger partial charge is 0.494 e. The molecule has 9 heteroatoms. The van der Waals surface area contributed by atoms with Crippen LogP contribution in [0.3, 0.4) is 0 Å². The number of nitrogens with one attached hydrogen (secondary N) is 1. The lowest BCUT2D eigenvalue weighted by molar-refractivity contribution is -0.153. The van der Waals surface area contributed by atoms with E-state index in [1.54, 1.807) is 19.1 Å². The van der Waals surface area contributed by atoms with Gasteiger partial charge >= 0.3 is 12.2 Å². The summed E-state index contributed by atoms with van der Waals surface area (Å²) in [6.07, 6.45) is -4.46.